The molecule has 0 spiro atoms. The summed E-state index contributed by atoms with van der Waals surface area (Å²) in [5.74, 6) is 2.73. The summed E-state index contributed by atoms with van der Waals surface area (Å²) in [5.41, 5.74) is 1.98. The van der Waals surface area contributed by atoms with E-state index in [1.807, 2.05) is 48.2 Å². The first kappa shape index (κ1) is 18.9. The number of aromatic amines is 1. The van der Waals surface area contributed by atoms with E-state index in [9.17, 15) is 9.59 Å². The number of benzene rings is 1. The zero-order valence-corrected chi connectivity index (χ0v) is 17.1. The van der Waals surface area contributed by atoms with Crippen molar-refractivity contribution in [3.05, 3.63) is 53.7 Å². The van der Waals surface area contributed by atoms with Crippen LogP contribution in [0.3, 0.4) is 0 Å². The van der Waals surface area contributed by atoms with Crippen molar-refractivity contribution in [1.82, 2.24) is 19.8 Å². The van der Waals surface area contributed by atoms with Gasteiger partial charge in [-0.2, -0.15) is 0 Å². The molecule has 4 heterocycles. The van der Waals surface area contributed by atoms with Gasteiger partial charge < -0.3 is 19.2 Å². The number of aryl methyl sites for hydroxylation is 1. The Bertz CT molecular complexity index is 1050. The van der Waals surface area contributed by atoms with Crippen LogP contribution in [0.15, 0.2) is 40.8 Å². The summed E-state index contributed by atoms with van der Waals surface area (Å²) < 4.78 is 5.64. The number of aromatic nitrogens is 2. The minimum absolute atomic E-state index is 0.0215. The fourth-order valence-corrected chi connectivity index (χ4v) is 4.70. The monoisotopic (exact) mass is 406 g/mol. The van der Waals surface area contributed by atoms with Crippen molar-refractivity contribution < 1.29 is 14.0 Å². The highest BCUT2D eigenvalue weighted by Crippen LogP contribution is 2.30. The first-order valence-corrected chi connectivity index (χ1v) is 10.7. The number of hydrogen-bond donors (Lipinski definition) is 1. The van der Waals surface area contributed by atoms with E-state index in [4.69, 9.17) is 9.40 Å². The van der Waals surface area contributed by atoms with Crippen LogP contribution >= 0.6 is 0 Å². The first-order chi connectivity index (χ1) is 14.6. The van der Waals surface area contributed by atoms with Gasteiger partial charge in [0.2, 0.25) is 11.8 Å². The van der Waals surface area contributed by atoms with Gasteiger partial charge in [0.25, 0.3) is 0 Å². The number of likely N-dealkylation sites (tertiary alicyclic amines) is 2. The fraction of sp³-hybridized carbons (Fsp3) is 0.435. The molecule has 5 rings (SSSR count). The van der Waals surface area contributed by atoms with E-state index in [1.165, 1.54) is 0 Å². The second-order valence-corrected chi connectivity index (χ2v) is 8.35. The van der Waals surface area contributed by atoms with Gasteiger partial charge in [0, 0.05) is 25.4 Å². The molecule has 156 valence electrons. The van der Waals surface area contributed by atoms with Gasteiger partial charge in [0.1, 0.15) is 23.4 Å². The number of rotatable bonds is 4. The van der Waals surface area contributed by atoms with E-state index in [-0.39, 0.29) is 17.7 Å². The van der Waals surface area contributed by atoms with Gasteiger partial charge in [0.05, 0.1) is 17.6 Å². The molecule has 2 aliphatic rings. The molecule has 30 heavy (non-hydrogen) atoms. The second-order valence-electron chi connectivity index (χ2n) is 8.35. The lowest BCUT2D eigenvalue weighted by Crippen LogP contribution is -2.49. The Kier molecular flexibility index (Phi) is 4.81. The van der Waals surface area contributed by atoms with Crippen LogP contribution in [0.2, 0.25) is 0 Å². The molecule has 2 fully saturated rings. The molecular formula is C23H26N4O3. The number of furan rings is 1. The van der Waals surface area contributed by atoms with Crippen LogP contribution < -0.4 is 0 Å². The third kappa shape index (κ3) is 3.49. The lowest BCUT2D eigenvalue weighted by atomic mass is 9.96. The van der Waals surface area contributed by atoms with Crippen LogP contribution in [0, 0.1) is 6.92 Å². The van der Waals surface area contributed by atoms with E-state index >= 15 is 0 Å². The number of H-pyrrole nitrogens is 1. The Labute approximate surface area is 175 Å². The number of nitrogens with one attached hydrogen (secondary N) is 1. The van der Waals surface area contributed by atoms with Crippen LogP contribution in [0.4, 0.5) is 0 Å². The maximum atomic E-state index is 13.4. The number of hydrogen-bond acceptors (Lipinski definition) is 4. The lowest BCUT2D eigenvalue weighted by Gasteiger charge is -2.35. The number of nitrogens with zero attached hydrogens (tertiary/aromatic N) is 3. The zero-order valence-electron chi connectivity index (χ0n) is 17.1. The van der Waals surface area contributed by atoms with E-state index in [1.54, 1.807) is 4.90 Å². The van der Waals surface area contributed by atoms with Crippen molar-refractivity contribution in [3.63, 3.8) is 0 Å². The molecule has 3 aromatic rings. The minimum Gasteiger partial charge on any atom is -0.464 e. The molecule has 7 heteroatoms. The van der Waals surface area contributed by atoms with Crippen LogP contribution in [0.25, 0.3) is 11.0 Å². The number of carbonyl (C=O) groups is 2. The van der Waals surface area contributed by atoms with Gasteiger partial charge >= 0.3 is 0 Å². The Balaban J connectivity index is 1.31. The molecular weight excluding hydrogens is 380 g/mol. The third-order valence-corrected chi connectivity index (χ3v) is 6.26. The lowest BCUT2D eigenvalue weighted by molar-refractivity contribution is -0.142. The third-order valence-electron chi connectivity index (χ3n) is 6.26. The molecule has 2 amide bonds. The number of imidazole rings is 1. The van der Waals surface area contributed by atoms with E-state index in [0.717, 1.165) is 47.8 Å². The highest BCUT2D eigenvalue weighted by atomic mass is 16.3. The zero-order chi connectivity index (χ0) is 20.7. The molecule has 0 radical (unpaired) electrons. The minimum atomic E-state index is -0.405. The molecule has 0 bridgehead atoms. The highest BCUT2D eigenvalue weighted by Gasteiger charge is 2.40. The number of piperidine rings is 1. The number of carbonyl (C=O) groups excluding carboxylic acids is 2. The first-order valence-electron chi connectivity index (χ1n) is 10.7. The van der Waals surface area contributed by atoms with Gasteiger partial charge in [0.15, 0.2) is 0 Å². The van der Waals surface area contributed by atoms with Crippen LogP contribution in [-0.4, -0.2) is 50.7 Å². The van der Waals surface area contributed by atoms with E-state index < -0.39 is 6.04 Å². The number of para-hydroxylation sites is 2. The summed E-state index contributed by atoms with van der Waals surface area (Å²) >= 11 is 0. The van der Waals surface area contributed by atoms with Gasteiger partial charge in [-0.3, -0.25) is 9.59 Å². The SMILES string of the molecule is Cc1ccc(CN2C(=O)CCC2C(=O)N2CCCC(c3nc4ccccc4[nH]3)C2)o1. The number of fused-ring (bicyclic) bond motifs is 1. The standard InChI is InChI=1S/C23H26N4O3/c1-15-8-9-17(30-15)14-27-20(10-11-21(27)28)23(29)26-12-4-5-16(13-26)22-24-18-6-2-3-7-19(18)25-22/h2-3,6-9,16,20H,4-5,10-14H2,1H3,(H,24,25). The second kappa shape index (κ2) is 7.63. The summed E-state index contributed by atoms with van der Waals surface area (Å²) in [4.78, 5) is 37.6. The summed E-state index contributed by atoms with van der Waals surface area (Å²) in [6.45, 7) is 3.60. The maximum absolute atomic E-state index is 13.4. The van der Waals surface area contributed by atoms with Crippen molar-refractivity contribution in [1.29, 1.82) is 0 Å². The van der Waals surface area contributed by atoms with E-state index in [2.05, 4.69) is 4.98 Å². The molecule has 2 unspecified atom stereocenters. The topological polar surface area (TPSA) is 82.4 Å². The summed E-state index contributed by atoms with van der Waals surface area (Å²) in [6, 6.07) is 11.4. The van der Waals surface area contributed by atoms with E-state index in [0.29, 0.717) is 25.9 Å². The van der Waals surface area contributed by atoms with Gasteiger partial charge in [-0.15, -0.1) is 0 Å². The molecule has 2 saturated heterocycles. The molecule has 2 aromatic heterocycles. The predicted octanol–water partition coefficient (Wildman–Crippen LogP) is 3.36. The Morgan fingerprint density at radius 3 is 2.90 bits per heavy atom. The number of amides is 2. The smallest absolute Gasteiger partial charge is 0.245 e. The quantitative estimate of drug-likeness (QED) is 0.720. The van der Waals surface area contributed by atoms with Crippen LogP contribution in [0.1, 0.15) is 48.9 Å². The molecule has 1 aromatic carbocycles. The van der Waals surface area contributed by atoms with Gasteiger partial charge in [-0.25, -0.2) is 4.98 Å². The molecule has 2 atom stereocenters. The average Bonchev–Trinajstić information content (AvgIpc) is 3.47. The molecule has 0 aliphatic carbocycles. The fourth-order valence-electron chi connectivity index (χ4n) is 4.70. The predicted molar refractivity (Wildman–Crippen MR) is 112 cm³/mol. The molecule has 0 saturated carbocycles. The Morgan fingerprint density at radius 2 is 2.10 bits per heavy atom. The molecule has 2 aliphatic heterocycles. The average molecular weight is 406 g/mol. The normalized spacial score (nSPS) is 22.2. The van der Waals surface area contributed by atoms with Crippen molar-refractivity contribution in [3.8, 4) is 0 Å². The van der Waals surface area contributed by atoms with Crippen molar-refractivity contribution in [2.75, 3.05) is 13.1 Å². The van der Waals surface area contributed by atoms with Crippen molar-refractivity contribution in [2.45, 2.75) is 51.1 Å². The largest absolute Gasteiger partial charge is 0.464 e. The Hall–Kier alpha value is -3.09. The molecule has 1 N–H and O–H groups in total. The summed E-state index contributed by atoms with van der Waals surface area (Å²) in [5, 5.41) is 0. The van der Waals surface area contributed by atoms with Gasteiger partial charge in [-0.1, -0.05) is 12.1 Å². The highest BCUT2D eigenvalue weighted by molar-refractivity contribution is 5.91. The molecule has 7 nitrogen and oxygen atoms in total. The van der Waals surface area contributed by atoms with Crippen molar-refractivity contribution >= 4 is 22.8 Å². The summed E-state index contributed by atoms with van der Waals surface area (Å²) in [7, 11) is 0. The van der Waals surface area contributed by atoms with Crippen LogP contribution in [0.5, 0.6) is 0 Å². The van der Waals surface area contributed by atoms with Gasteiger partial charge in [-0.05, 0) is 50.5 Å². The maximum Gasteiger partial charge on any atom is 0.245 e. The Morgan fingerprint density at radius 1 is 1.23 bits per heavy atom. The van der Waals surface area contributed by atoms with Crippen LogP contribution in [-0.2, 0) is 16.1 Å². The summed E-state index contributed by atoms with van der Waals surface area (Å²) in [6.07, 6.45) is 2.92. The van der Waals surface area contributed by atoms with Crippen molar-refractivity contribution in [2.24, 2.45) is 0 Å².